The van der Waals surface area contributed by atoms with E-state index in [1.165, 1.54) is 7.11 Å². The van der Waals surface area contributed by atoms with Crippen molar-refractivity contribution in [3.05, 3.63) is 34.3 Å². The minimum atomic E-state index is -1.27. The number of aliphatic hydroxyl groups is 1. The molecule has 0 saturated carbocycles. The first-order chi connectivity index (χ1) is 7.47. The zero-order chi connectivity index (χ0) is 12.3. The minimum Gasteiger partial charge on any atom is -0.467 e. The summed E-state index contributed by atoms with van der Waals surface area (Å²) in [6, 6.07) is 5.09. The Morgan fingerprint density at radius 3 is 2.50 bits per heavy atom. The number of carbonyl (C=O) groups excluding carboxylic acids is 1. The van der Waals surface area contributed by atoms with E-state index in [1.807, 2.05) is 19.9 Å². The van der Waals surface area contributed by atoms with E-state index in [9.17, 15) is 9.90 Å². The van der Waals surface area contributed by atoms with Gasteiger partial charge in [-0.2, -0.15) is 0 Å². The Bertz CT molecular complexity index is 388. The van der Waals surface area contributed by atoms with E-state index < -0.39 is 12.1 Å². The van der Waals surface area contributed by atoms with E-state index in [0.29, 0.717) is 16.5 Å². The van der Waals surface area contributed by atoms with Gasteiger partial charge in [-0.1, -0.05) is 37.6 Å². The van der Waals surface area contributed by atoms with E-state index >= 15 is 0 Å². The number of benzene rings is 1. The van der Waals surface area contributed by atoms with Gasteiger partial charge in [-0.3, -0.25) is 0 Å². The smallest absolute Gasteiger partial charge is 0.339 e. The van der Waals surface area contributed by atoms with Crippen molar-refractivity contribution in [2.45, 2.75) is 25.9 Å². The number of hydrogen-bond donors (Lipinski definition) is 1. The number of methoxy groups -OCH3 is 1. The molecule has 0 aliphatic heterocycles. The Hall–Kier alpha value is -1.06. The summed E-state index contributed by atoms with van der Waals surface area (Å²) in [6.45, 7) is 4.05. The summed E-state index contributed by atoms with van der Waals surface area (Å²) in [4.78, 5) is 11.1. The van der Waals surface area contributed by atoms with Crippen LogP contribution in [0.3, 0.4) is 0 Å². The normalized spacial score (nSPS) is 12.6. The molecule has 1 rings (SSSR count). The van der Waals surface area contributed by atoms with Crippen LogP contribution in [0.5, 0.6) is 0 Å². The van der Waals surface area contributed by atoms with Gasteiger partial charge in [0.05, 0.1) is 7.11 Å². The molecule has 0 fully saturated rings. The number of halogens is 1. The fourth-order valence-corrected chi connectivity index (χ4v) is 1.84. The van der Waals surface area contributed by atoms with Crippen LogP contribution in [0, 0.1) is 0 Å². The van der Waals surface area contributed by atoms with E-state index in [-0.39, 0.29) is 0 Å². The van der Waals surface area contributed by atoms with Gasteiger partial charge in [-0.05, 0) is 23.1 Å². The molecule has 1 aromatic rings. The largest absolute Gasteiger partial charge is 0.467 e. The lowest BCUT2D eigenvalue weighted by atomic mass is 10.00. The van der Waals surface area contributed by atoms with Gasteiger partial charge in [0.2, 0.25) is 0 Å². The van der Waals surface area contributed by atoms with Gasteiger partial charge in [0.25, 0.3) is 0 Å². The lowest BCUT2D eigenvalue weighted by Gasteiger charge is -2.12. The van der Waals surface area contributed by atoms with Crippen molar-refractivity contribution in [3.63, 3.8) is 0 Å². The van der Waals surface area contributed by atoms with Gasteiger partial charge in [-0.15, -0.1) is 0 Å². The van der Waals surface area contributed by atoms with Crippen LogP contribution in [-0.4, -0.2) is 18.2 Å². The van der Waals surface area contributed by atoms with Crippen LogP contribution < -0.4 is 0 Å². The maximum Gasteiger partial charge on any atom is 0.339 e. The monoisotopic (exact) mass is 242 g/mol. The molecule has 88 valence electrons. The summed E-state index contributed by atoms with van der Waals surface area (Å²) in [6.07, 6.45) is -1.27. The molecular formula is C12H15ClO3. The zero-order valence-corrected chi connectivity index (χ0v) is 10.3. The highest BCUT2D eigenvalue weighted by atomic mass is 35.5. The molecule has 0 bridgehead atoms. The van der Waals surface area contributed by atoms with Gasteiger partial charge in [0, 0.05) is 5.02 Å². The molecule has 0 heterocycles. The van der Waals surface area contributed by atoms with Crippen LogP contribution in [0.4, 0.5) is 0 Å². The lowest BCUT2D eigenvalue weighted by Crippen LogP contribution is -2.13. The second-order valence-corrected chi connectivity index (χ2v) is 4.27. The summed E-state index contributed by atoms with van der Waals surface area (Å²) in [5.74, 6) is -0.384. The van der Waals surface area contributed by atoms with Crippen molar-refractivity contribution in [1.29, 1.82) is 0 Å². The van der Waals surface area contributed by atoms with Crippen LogP contribution in [-0.2, 0) is 9.53 Å². The Morgan fingerprint density at radius 1 is 1.44 bits per heavy atom. The van der Waals surface area contributed by atoms with Crippen molar-refractivity contribution in [1.82, 2.24) is 0 Å². The van der Waals surface area contributed by atoms with E-state index in [2.05, 4.69) is 4.74 Å². The fraction of sp³-hybridized carbons (Fsp3) is 0.417. The van der Waals surface area contributed by atoms with Crippen molar-refractivity contribution in [2.24, 2.45) is 0 Å². The number of hydrogen-bond acceptors (Lipinski definition) is 3. The molecule has 0 aromatic heterocycles. The van der Waals surface area contributed by atoms with E-state index in [0.717, 1.165) is 5.56 Å². The molecule has 0 amide bonds. The first kappa shape index (κ1) is 13.0. The average molecular weight is 243 g/mol. The standard InChI is InChI=1S/C12H15ClO3/c1-7(2)9-5-4-8(6-10(9)13)11(14)12(15)16-3/h4-7,11,14H,1-3H3. The SMILES string of the molecule is COC(=O)C(O)c1ccc(C(C)C)c(Cl)c1. The minimum absolute atomic E-state index is 0.303. The predicted molar refractivity (Wildman–Crippen MR) is 62.5 cm³/mol. The summed E-state index contributed by atoms with van der Waals surface area (Å²) in [5.41, 5.74) is 1.43. The quantitative estimate of drug-likeness (QED) is 0.829. The third-order valence-electron chi connectivity index (χ3n) is 2.39. The van der Waals surface area contributed by atoms with Gasteiger partial charge in [-0.25, -0.2) is 4.79 Å². The molecule has 0 radical (unpaired) electrons. The molecule has 1 N–H and O–H groups in total. The molecule has 1 atom stereocenters. The average Bonchev–Trinajstić information content (AvgIpc) is 2.26. The summed E-state index contributed by atoms with van der Waals surface area (Å²) in [5, 5.41) is 10.2. The van der Waals surface area contributed by atoms with Gasteiger partial charge in [0.15, 0.2) is 6.10 Å². The van der Waals surface area contributed by atoms with Gasteiger partial charge < -0.3 is 9.84 Å². The van der Waals surface area contributed by atoms with Crippen LogP contribution in [0.15, 0.2) is 18.2 Å². The summed E-state index contributed by atoms with van der Waals surface area (Å²) < 4.78 is 4.45. The molecule has 0 saturated heterocycles. The number of ether oxygens (including phenoxy) is 1. The zero-order valence-electron chi connectivity index (χ0n) is 9.53. The molecule has 16 heavy (non-hydrogen) atoms. The number of carbonyl (C=O) groups is 1. The number of esters is 1. The maximum absolute atomic E-state index is 11.1. The molecule has 4 heteroatoms. The molecule has 1 unspecified atom stereocenters. The van der Waals surface area contributed by atoms with Crippen molar-refractivity contribution in [3.8, 4) is 0 Å². The maximum atomic E-state index is 11.1. The Balaban J connectivity index is 3.01. The van der Waals surface area contributed by atoms with Crippen molar-refractivity contribution in [2.75, 3.05) is 7.11 Å². The van der Waals surface area contributed by atoms with Gasteiger partial charge in [0.1, 0.15) is 0 Å². The predicted octanol–water partition coefficient (Wildman–Crippen LogP) is 2.67. The van der Waals surface area contributed by atoms with Crippen LogP contribution in [0.2, 0.25) is 5.02 Å². The van der Waals surface area contributed by atoms with Crippen molar-refractivity contribution >= 4 is 17.6 Å². The highest BCUT2D eigenvalue weighted by molar-refractivity contribution is 6.31. The highest BCUT2D eigenvalue weighted by Crippen LogP contribution is 2.27. The molecule has 1 aromatic carbocycles. The fourth-order valence-electron chi connectivity index (χ4n) is 1.43. The van der Waals surface area contributed by atoms with Crippen LogP contribution in [0.25, 0.3) is 0 Å². The molecule has 3 nitrogen and oxygen atoms in total. The number of aliphatic hydroxyl groups excluding tert-OH is 1. The number of rotatable bonds is 3. The highest BCUT2D eigenvalue weighted by Gasteiger charge is 2.19. The third-order valence-corrected chi connectivity index (χ3v) is 2.71. The van der Waals surface area contributed by atoms with E-state index in [1.54, 1.807) is 12.1 Å². The second-order valence-electron chi connectivity index (χ2n) is 3.86. The Labute approximate surface area is 100.0 Å². The van der Waals surface area contributed by atoms with E-state index in [4.69, 9.17) is 11.6 Å². The lowest BCUT2D eigenvalue weighted by molar-refractivity contribution is -0.150. The third kappa shape index (κ3) is 2.74. The van der Waals surface area contributed by atoms with Gasteiger partial charge >= 0.3 is 5.97 Å². The first-order valence-electron chi connectivity index (χ1n) is 5.02. The van der Waals surface area contributed by atoms with Crippen molar-refractivity contribution < 1.29 is 14.6 Å². The first-order valence-corrected chi connectivity index (χ1v) is 5.40. The van der Waals surface area contributed by atoms with Crippen LogP contribution in [0.1, 0.15) is 37.0 Å². The molecule has 0 spiro atoms. The Morgan fingerprint density at radius 2 is 2.06 bits per heavy atom. The second kappa shape index (κ2) is 5.32. The Kier molecular flexibility index (Phi) is 4.33. The molecule has 0 aliphatic rings. The molecular weight excluding hydrogens is 228 g/mol. The summed E-state index contributed by atoms with van der Waals surface area (Å²) in [7, 11) is 1.23. The topological polar surface area (TPSA) is 46.5 Å². The molecule has 0 aliphatic carbocycles. The van der Waals surface area contributed by atoms with Crippen LogP contribution >= 0.6 is 11.6 Å². The summed E-state index contributed by atoms with van der Waals surface area (Å²) >= 11 is 6.05.